The third-order valence-corrected chi connectivity index (χ3v) is 3.46. The second-order valence-electron chi connectivity index (χ2n) is 6.84. The number of rotatable bonds is 5. The Balaban J connectivity index is 2.49. The van der Waals surface area contributed by atoms with Crippen LogP contribution in [0, 0.1) is 0 Å². The lowest BCUT2D eigenvalue weighted by Crippen LogP contribution is -2.45. The third kappa shape index (κ3) is 8.42. The van der Waals surface area contributed by atoms with Gasteiger partial charge in [0, 0.05) is 0 Å². The summed E-state index contributed by atoms with van der Waals surface area (Å²) in [7, 11) is 0. The molecule has 132 valence electrons. The number of carboxylic acid groups (broad SMARTS) is 1. The van der Waals surface area contributed by atoms with Gasteiger partial charge in [0.15, 0.2) is 0 Å². The maximum Gasteiger partial charge on any atom is 0.408 e. The summed E-state index contributed by atoms with van der Waals surface area (Å²) in [5, 5.41) is 11.3. The van der Waals surface area contributed by atoms with Gasteiger partial charge in [-0.25, -0.2) is 9.59 Å². The van der Waals surface area contributed by atoms with Crippen LogP contribution in [-0.2, 0) is 19.1 Å². The summed E-state index contributed by atoms with van der Waals surface area (Å²) in [5.74, 6) is -1.91. The summed E-state index contributed by atoms with van der Waals surface area (Å²) in [6.07, 6.45) is 4.47. The van der Waals surface area contributed by atoms with Crippen LogP contribution in [0.15, 0.2) is 0 Å². The average molecular weight is 329 g/mol. The van der Waals surface area contributed by atoms with E-state index in [0.29, 0.717) is 0 Å². The highest BCUT2D eigenvalue weighted by Crippen LogP contribution is 2.20. The number of ether oxygens (including phenoxy) is 2. The predicted molar refractivity (Wildman–Crippen MR) is 83.0 cm³/mol. The number of esters is 1. The van der Waals surface area contributed by atoms with E-state index in [1.165, 1.54) is 0 Å². The maximum atomic E-state index is 11.9. The molecule has 0 heterocycles. The Morgan fingerprint density at radius 2 is 1.70 bits per heavy atom. The zero-order chi connectivity index (χ0) is 17.5. The highest BCUT2D eigenvalue weighted by molar-refractivity contribution is 5.85. The first-order valence-corrected chi connectivity index (χ1v) is 8.09. The zero-order valence-electron chi connectivity index (χ0n) is 14.1. The highest BCUT2D eigenvalue weighted by Gasteiger charge is 2.28. The van der Waals surface area contributed by atoms with Gasteiger partial charge >= 0.3 is 18.0 Å². The quantitative estimate of drug-likeness (QED) is 0.594. The molecule has 0 aromatic heterocycles. The molecule has 23 heavy (non-hydrogen) atoms. The molecule has 1 rings (SSSR count). The van der Waals surface area contributed by atoms with Crippen LogP contribution >= 0.6 is 0 Å². The Morgan fingerprint density at radius 1 is 1.13 bits per heavy atom. The summed E-state index contributed by atoms with van der Waals surface area (Å²) >= 11 is 0. The predicted octanol–water partition coefficient (Wildman–Crippen LogP) is 2.62. The Bertz CT molecular complexity index is 421. The monoisotopic (exact) mass is 329 g/mol. The number of hydrogen-bond donors (Lipinski definition) is 2. The molecule has 2 N–H and O–H groups in total. The molecule has 1 atom stereocenters. The van der Waals surface area contributed by atoms with E-state index in [4.69, 9.17) is 14.6 Å². The molecular formula is C16H27NO6. The van der Waals surface area contributed by atoms with Crippen molar-refractivity contribution < 1.29 is 29.0 Å². The average Bonchev–Trinajstić information content (AvgIpc) is 2.64. The van der Waals surface area contributed by atoms with Crippen LogP contribution in [-0.4, -0.2) is 40.9 Å². The van der Waals surface area contributed by atoms with Crippen LogP contribution in [0.5, 0.6) is 0 Å². The van der Waals surface area contributed by atoms with E-state index < -0.39 is 36.1 Å². The van der Waals surface area contributed by atoms with Crippen LogP contribution < -0.4 is 5.32 Å². The van der Waals surface area contributed by atoms with Crippen LogP contribution in [0.2, 0.25) is 0 Å². The second-order valence-corrected chi connectivity index (χ2v) is 6.84. The molecular weight excluding hydrogens is 302 g/mol. The molecule has 0 spiro atoms. The van der Waals surface area contributed by atoms with E-state index >= 15 is 0 Å². The summed E-state index contributed by atoms with van der Waals surface area (Å²) in [6.45, 7) is 5.01. The fraction of sp³-hybridized carbons (Fsp3) is 0.812. The minimum atomic E-state index is -1.36. The van der Waals surface area contributed by atoms with E-state index in [0.717, 1.165) is 38.5 Å². The van der Waals surface area contributed by atoms with Gasteiger partial charge in [-0.1, -0.05) is 12.8 Å². The van der Waals surface area contributed by atoms with Crippen molar-refractivity contribution in [2.24, 2.45) is 0 Å². The molecule has 7 heteroatoms. The molecule has 1 aliphatic carbocycles. The van der Waals surface area contributed by atoms with Crippen molar-refractivity contribution >= 4 is 18.0 Å². The summed E-state index contributed by atoms with van der Waals surface area (Å²) in [6, 6.07) is -1.36. The van der Waals surface area contributed by atoms with Gasteiger partial charge in [0.2, 0.25) is 0 Å². The third-order valence-electron chi connectivity index (χ3n) is 3.46. The van der Waals surface area contributed by atoms with Crippen molar-refractivity contribution in [3.05, 3.63) is 0 Å². The first kappa shape index (κ1) is 19.3. The van der Waals surface area contributed by atoms with Gasteiger partial charge in [-0.05, 0) is 46.5 Å². The SMILES string of the molecule is CC(C)(C)OC(=O)N[C@@H](CC(=O)OC1CCCCCC1)C(=O)O. The van der Waals surface area contributed by atoms with Gasteiger partial charge in [0.25, 0.3) is 0 Å². The molecule has 0 aromatic carbocycles. The topological polar surface area (TPSA) is 102 Å². The summed E-state index contributed by atoms with van der Waals surface area (Å²) in [4.78, 5) is 34.8. The molecule has 0 aromatic rings. The van der Waals surface area contributed by atoms with Gasteiger partial charge in [-0.3, -0.25) is 4.79 Å². The Morgan fingerprint density at radius 3 is 2.17 bits per heavy atom. The van der Waals surface area contributed by atoms with E-state index in [1.807, 2.05) is 0 Å². The number of amides is 1. The molecule has 1 amide bonds. The molecule has 1 fully saturated rings. The number of carbonyl (C=O) groups excluding carboxylic acids is 2. The summed E-state index contributed by atoms with van der Waals surface area (Å²) in [5.41, 5.74) is -0.742. The Hall–Kier alpha value is -1.79. The first-order valence-electron chi connectivity index (χ1n) is 8.09. The molecule has 0 unspecified atom stereocenters. The number of alkyl carbamates (subject to hydrolysis) is 1. The van der Waals surface area contributed by atoms with E-state index in [1.54, 1.807) is 20.8 Å². The molecule has 1 saturated carbocycles. The Labute approximate surface area is 136 Å². The van der Waals surface area contributed by atoms with Crippen molar-refractivity contribution in [2.45, 2.75) is 83.5 Å². The Kier molecular flexibility index (Phi) is 7.32. The van der Waals surface area contributed by atoms with Crippen molar-refractivity contribution in [1.29, 1.82) is 0 Å². The van der Waals surface area contributed by atoms with Gasteiger partial charge < -0.3 is 19.9 Å². The van der Waals surface area contributed by atoms with E-state index in [9.17, 15) is 14.4 Å². The minimum Gasteiger partial charge on any atom is -0.480 e. The maximum absolute atomic E-state index is 11.9. The fourth-order valence-electron chi connectivity index (χ4n) is 2.41. The number of aliphatic carboxylic acids is 1. The smallest absolute Gasteiger partial charge is 0.408 e. The number of carbonyl (C=O) groups is 3. The molecule has 0 aliphatic heterocycles. The first-order chi connectivity index (χ1) is 10.7. The van der Waals surface area contributed by atoms with Crippen molar-refractivity contribution in [1.82, 2.24) is 5.32 Å². The second kappa shape index (κ2) is 8.74. The van der Waals surface area contributed by atoms with Crippen LogP contribution in [0.1, 0.15) is 65.7 Å². The highest BCUT2D eigenvalue weighted by atomic mass is 16.6. The molecule has 0 radical (unpaired) electrons. The molecule has 0 bridgehead atoms. The van der Waals surface area contributed by atoms with Crippen LogP contribution in [0.25, 0.3) is 0 Å². The molecule has 1 aliphatic rings. The fourth-order valence-corrected chi connectivity index (χ4v) is 2.41. The largest absolute Gasteiger partial charge is 0.480 e. The molecule has 0 saturated heterocycles. The van der Waals surface area contributed by atoms with E-state index in [-0.39, 0.29) is 6.10 Å². The van der Waals surface area contributed by atoms with E-state index in [2.05, 4.69) is 5.32 Å². The van der Waals surface area contributed by atoms with Gasteiger partial charge in [0.1, 0.15) is 17.7 Å². The van der Waals surface area contributed by atoms with Gasteiger partial charge in [-0.15, -0.1) is 0 Å². The summed E-state index contributed by atoms with van der Waals surface area (Å²) < 4.78 is 10.3. The molecule has 7 nitrogen and oxygen atoms in total. The normalized spacial score (nSPS) is 17.7. The number of nitrogens with one attached hydrogen (secondary N) is 1. The lowest BCUT2D eigenvalue weighted by molar-refractivity contribution is -0.154. The lowest BCUT2D eigenvalue weighted by atomic mass is 10.1. The van der Waals surface area contributed by atoms with Crippen molar-refractivity contribution in [3.63, 3.8) is 0 Å². The van der Waals surface area contributed by atoms with Gasteiger partial charge in [-0.2, -0.15) is 0 Å². The number of carboxylic acids is 1. The zero-order valence-corrected chi connectivity index (χ0v) is 14.1. The number of hydrogen-bond acceptors (Lipinski definition) is 5. The van der Waals surface area contributed by atoms with Crippen molar-refractivity contribution in [2.75, 3.05) is 0 Å². The van der Waals surface area contributed by atoms with Crippen LogP contribution in [0.4, 0.5) is 4.79 Å². The lowest BCUT2D eigenvalue weighted by Gasteiger charge is -2.22. The van der Waals surface area contributed by atoms with Crippen LogP contribution in [0.3, 0.4) is 0 Å². The minimum absolute atomic E-state index is 0.152. The standard InChI is InChI=1S/C16H27NO6/c1-16(2,3)23-15(21)17-12(14(19)20)10-13(18)22-11-8-6-4-5-7-9-11/h11-12H,4-10H2,1-3H3,(H,17,21)(H,19,20)/t12-/m0/s1. The van der Waals surface area contributed by atoms with Gasteiger partial charge in [0.05, 0.1) is 6.42 Å². The van der Waals surface area contributed by atoms with Crippen molar-refractivity contribution in [3.8, 4) is 0 Å².